The third-order valence-electron chi connectivity index (χ3n) is 3.20. The summed E-state index contributed by atoms with van der Waals surface area (Å²) in [5.41, 5.74) is 0.905. The van der Waals surface area contributed by atoms with Crippen molar-refractivity contribution in [1.82, 2.24) is 5.32 Å². The smallest absolute Gasteiger partial charge is 0.336 e. The van der Waals surface area contributed by atoms with Gasteiger partial charge in [-0.15, -0.1) is 0 Å². The van der Waals surface area contributed by atoms with Crippen molar-refractivity contribution < 1.29 is 23.8 Å². The van der Waals surface area contributed by atoms with Crippen molar-refractivity contribution in [3.8, 4) is 5.75 Å². The van der Waals surface area contributed by atoms with Crippen molar-refractivity contribution >= 4 is 22.8 Å². The van der Waals surface area contributed by atoms with Crippen LogP contribution in [0.4, 0.5) is 0 Å². The highest BCUT2D eigenvalue weighted by atomic mass is 16.5. The number of benzene rings is 1. The first-order chi connectivity index (χ1) is 10.4. The minimum Gasteiger partial charge on any atom is -0.496 e. The Hall–Kier alpha value is -2.83. The Morgan fingerprint density at radius 1 is 1.36 bits per heavy atom. The van der Waals surface area contributed by atoms with E-state index >= 15 is 0 Å². The summed E-state index contributed by atoms with van der Waals surface area (Å²) in [6, 6.07) is 4.65. The first kappa shape index (κ1) is 15.6. The van der Waals surface area contributed by atoms with Gasteiger partial charge in [0.15, 0.2) is 0 Å². The average molecular weight is 305 g/mol. The molecule has 1 aromatic carbocycles. The summed E-state index contributed by atoms with van der Waals surface area (Å²) in [4.78, 5) is 33.9. The van der Waals surface area contributed by atoms with E-state index in [0.29, 0.717) is 27.8 Å². The number of carbonyl (C=O) groups is 2. The van der Waals surface area contributed by atoms with E-state index in [0.717, 1.165) is 0 Å². The van der Waals surface area contributed by atoms with Crippen LogP contribution < -0.4 is 15.7 Å². The molecule has 1 heterocycles. The molecule has 0 unspecified atom stereocenters. The number of rotatable bonds is 5. The fraction of sp³-hybridized carbons (Fsp3) is 0.267. The molecule has 0 aliphatic carbocycles. The molecule has 22 heavy (non-hydrogen) atoms. The van der Waals surface area contributed by atoms with E-state index in [1.54, 1.807) is 19.1 Å². The maximum Gasteiger partial charge on any atom is 0.336 e. The van der Waals surface area contributed by atoms with Gasteiger partial charge >= 0.3 is 11.6 Å². The normalized spacial score (nSPS) is 10.5. The second kappa shape index (κ2) is 6.30. The van der Waals surface area contributed by atoms with Crippen molar-refractivity contribution in [3.05, 3.63) is 39.7 Å². The number of aryl methyl sites for hydroxylation is 1. The number of hydrogen-bond acceptors (Lipinski definition) is 5. The van der Waals surface area contributed by atoms with Crippen LogP contribution in [-0.2, 0) is 16.0 Å². The molecule has 0 radical (unpaired) electrons. The molecule has 1 aromatic heterocycles. The summed E-state index contributed by atoms with van der Waals surface area (Å²) in [6.07, 6.45) is -0.110. The highest BCUT2D eigenvalue weighted by Gasteiger charge is 2.14. The summed E-state index contributed by atoms with van der Waals surface area (Å²) in [6.45, 7) is 1.28. The number of methoxy groups -OCH3 is 1. The van der Waals surface area contributed by atoms with Gasteiger partial charge in [-0.05, 0) is 24.6 Å². The Morgan fingerprint density at radius 2 is 2.09 bits per heavy atom. The van der Waals surface area contributed by atoms with Crippen LogP contribution in [-0.4, -0.2) is 30.6 Å². The number of fused-ring (bicyclic) bond motifs is 1. The molecule has 7 heteroatoms. The van der Waals surface area contributed by atoms with Crippen molar-refractivity contribution in [3.63, 3.8) is 0 Å². The van der Waals surface area contributed by atoms with E-state index in [-0.39, 0.29) is 6.42 Å². The van der Waals surface area contributed by atoms with E-state index in [4.69, 9.17) is 14.3 Å². The number of carbonyl (C=O) groups excluding carboxylic acids is 1. The molecule has 2 N–H and O–H groups in total. The SMILES string of the molecule is COc1ccc2c(CC(=O)NCC(=O)O)cc(=O)oc2c1C. The van der Waals surface area contributed by atoms with Gasteiger partial charge in [0, 0.05) is 17.0 Å². The second-order valence-corrected chi connectivity index (χ2v) is 4.71. The number of ether oxygens (including phenoxy) is 1. The number of carboxylic acids is 1. The Kier molecular flexibility index (Phi) is 4.45. The lowest BCUT2D eigenvalue weighted by atomic mass is 10.0. The fourth-order valence-electron chi connectivity index (χ4n) is 2.19. The van der Waals surface area contributed by atoms with Crippen LogP contribution >= 0.6 is 0 Å². The van der Waals surface area contributed by atoms with Gasteiger partial charge < -0.3 is 19.6 Å². The molecule has 2 rings (SSSR count). The van der Waals surface area contributed by atoms with Gasteiger partial charge in [0.1, 0.15) is 17.9 Å². The molecule has 0 aliphatic heterocycles. The molecular formula is C15H15NO6. The summed E-state index contributed by atoms with van der Waals surface area (Å²) < 4.78 is 10.4. The maximum atomic E-state index is 11.7. The molecule has 0 fully saturated rings. The number of amides is 1. The van der Waals surface area contributed by atoms with Gasteiger partial charge in [-0.25, -0.2) is 4.79 Å². The van der Waals surface area contributed by atoms with Gasteiger partial charge in [-0.2, -0.15) is 0 Å². The van der Waals surface area contributed by atoms with Gasteiger partial charge in [-0.3, -0.25) is 9.59 Å². The topological polar surface area (TPSA) is 106 Å². The first-order valence-corrected chi connectivity index (χ1v) is 6.51. The maximum absolute atomic E-state index is 11.7. The molecular weight excluding hydrogens is 290 g/mol. The third kappa shape index (κ3) is 3.25. The Balaban J connectivity index is 2.42. The standard InChI is InChI=1S/C15H15NO6/c1-8-11(21-2)4-3-10-9(6-14(20)22-15(8)10)5-12(17)16-7-13(18)19/h3-4,6H,5,7H2,1-2H3,(H,16,17)(H,18,19). The van der Waals surface area contributed by atoms with Crippen LogP contribution in [0.2, 0.25) is 0 Å². The fourth-order valence-corrected chi connectivity index (χ4v) is 2.19. The van der Waals surface area contributed by atoms with Crippen LogP contribution in [0.5, 0.6) is 5.75 Å². The third-order valence-corrected chi connectivity index (χ3v) is 3.20. The Morgan fingerprint density at radius 3 is 2.73 bits per heavy atom. The zero-order chi connectivity index (χ0) is 16.3. The Bertz CT molecular complexity index is 792. The van der Waals surface area contributed by atoms with E-state index < -0.39 is 24.0 Å². The minimum absolute atomic E-state index is 0.110. The number of carboxylic acid groups (broad SMARTS) is 1. The highest BCUT2D eigenvalue weighted by molar-refractivity contribution is 5.90. The van der Waals surface area contributed by atoms with Crippen molar-refractivity contribution in [2.24, 2.45) is 0 Å². The molecule has 0 aliphatic rings. The van der Waals surface area contributed by atoms with Gasteiger partial charge in [0.2, 0.25) is 5.91 Å². The van der Waals surface area contributed by atoms with Gasteiger partial charge in [0.25, 0.3) is 0 Å². The van der Waals surface area contributed by atoms with Crippen LogP contribution in [0.15, 0.2) is 27.4 Å². The number of hydrogen-bond donors (Lipinski definition) is 2. The zero-order valence-electron chi connectivity index (χ0n) is 12.1. The van der Waals surface area contributed by atoms with Crippen LogP contribution in [0, 0.1) is 6.92 Å². The lowest BCUT2D eigenvalue weighted by Gasteiger charge is -2.10. The van der Waals surface area contributed by atoms with Crippen LogP contribution in [0.3, 0.4) is 0 Å². The van der Waals surface area contributed by atoms with Crippen LogP contribution in [0.25, 0.3) is 11.0 Å². The van der Waals surface area contributed by atoms with Crippen LogP contribution in [0.1, 0.15) is 11.1 Å². The summed E-state index contributed by atoms with van der Waals surface area (Å²) in [7, 11) is 1.51. The molecule has 0 saturated carbocycles. The summed E-state index contributed by atoms with van der Waals surface area (Å²) >= 11 is 0. The monoisotopic (exact) mass is 305 g/mol. The predicted molar refractivity (Wildman–Crippen MR) is 78.1 cm³/mol. The van der Waals surface area contributed by atoms with Crippen molar-refractivity contribution in [2.75, 3.05) is 13.7 Å². The number of aliphatic carboxylic acids is 1. The highest BCUT2D eigenvalue weighted by Crippen LogP contribution is 2.28. The molecule has 0 atom stereocenters. The van der Waals surface area contributed by atoms with E-state index in [2.05, 4.69) is 5.32 Å². The molecule has 0 bridgehead atoms. The lowest BCUT2D eigenvalue weighted by molar-refractivity contribution is -0.137. The van der Waals surface area contributed by atoms with Gasteiger partial charge in [0.05, 0.1) is 13.5 Å². The van der Waals surface area contributed by atoms with E-state index in [1.165, 1.54) is 13.2 Å². The van der Waals surface area contributed by atoms with Crippen molar-refractivity contribution in [1.29, 1.82) is 0 Å². The quantitative estimate of drug-likeness (QED) is 0.793. The molecule has 116 valence electrons. The largest absolute Gasteiger partial charge is 0.496 e. The minimum atomic E-state index is -1.13. The van der Waals surface area contributed by atoms with Gasteiger partial charge in [-0.1, -0.05) is 0 Å². The Labute approximate surface area is 125 Å². The first-order valence-electron chi connectivity index (χ1n) is 6.51. The van der Waals surface area contributed by atoms with Crippen molar-refractivity contribution in [2.45, 2.75) is 13.3 Å². The molecule has 2 aromatic rings. The molecule has 1 amide bonds. The summed E-state index contributed by atoms with van der Waals surface area (Å²) in [5, 5.41) is 11.4. The molecule has 0 saturated heterocycles. The number of nitrogens with one attached hydrogen (secondary N) is 1. The predicted octanol–water partition coefficient (Wildman–Crippen LogP) is 0.853. The molecule has 7 nitrogen and oxygen atoms in total. The second-order valence-electron chi connectivity index (χ2n) is 4.71. The molecule has 0 spiro atoms. The van der Waals surface area contributed by atoms with E-state index in [1.807, 2.05) is 0 Å². The van der Waals surface area contributed by atoms with E-state index in [9.17, 15) is 14.4 Å². The lowest BCUT2D eigenvalue weighted by Crippen LogP contribution is -2.30. The zero-order valence-corrected chi connectivity index (χ0v) is 12.1. The summed E-state index contributed by atoms with van der Waals surface area (Å²) in [5.74, 6) is -1.04. The average Bonchev–Trinajstić information content (AvgIpc) is 2.46.